The van der Waals surface area contributed by atoms with Crippen LogP contribution >= 0.6 is 0 Å². The molecule has 0 N–H and O–H groups in total. The van der Waals surface area contributed by atoms with Crippen molar-refractivity contribution in [3.05, 3.63) is 235 Å². The van der Waals surface area contributed by atoms with E-state index in [4.69, 9.17) is 4.42 Å². The third-order valence-corrected chi connectivity index (χ3v) is 11.6. The number of anilines is 3. The first-order valence-corrected chi connectivity index (χ1v) is 19.6. The van der Waals surface area contributed by atoms with Crippen LogP contribution in [0.15, 0.2) is 223 Å². The van der Waals surface area contributed by atoms with Crippen molar-refractivity contribution in [2.24, 2.45) is 0 Å². The highest BCUT2D eigenvalue weighted by Crippen LogP contribution is 2.48. The van der Waals surface area contributed by atoms with Crippen molar-refractivity contribution in [2.75, 3.05) is 4.90 Å². The Bertz CT molecular complexity index is 3000. The van der Waals surface area contributed by atoms with Gasteiger partial charge in [0.1, 0.15) is 11.2 Å². The molecule has 0 atom stereocenters. The van der Waals surface area contributed by atoms with E-state index in [9.17, 15) is 0 Å². The average Bonchev–Trinajstić information content (AvgIpc) is 3.84. The average molecular weight is 728 g/mol. The van der Waals surface area contributed by atoms with Crippen LogP contribution in [0, 0.1) is 0 Å². The minimum Gasteiger partial charge on any atom is -0.455 e. The number of hydrogen-bond donors (Lipinski definition) is 0. The van der Waals surface area contributed by atoms with Gasteiger partial charge in [0.2, 0.25) is 0 Å². The first-order chi connectivity index (χ1) is 28.3. The van der Waals surface area contributed by atoms with Crippen LogP contribution in [0.4, 0.5) is 17.1 Å². The van der Waals surface area contributed by atoms with Crippen molar-refractivity contribution in [3.63, 3.8) is 0 Å². The Morgan fingerprint density at radius 2 is 0.807 bits per heavy atom. The predicted octanol–water partition coefficient (Wildman–Crippen LogP) is 15.2. The lowest BCUT2D eigenvalue weighted by Gasteiger charge is -2.26. The first-order valence-electron chi connectivity index (χ1n) is 19.6. The standard InChI is InChI=1S/C55H37NO/c1-2-12-37(13-3-1)41-14-10-15-42(36-41)38-24-30-43(31-25-38)56(44-32-26-39(27-33-44)46-21-11-22-52-49-18-8-9-23-53(49)57-55(46)52)45-34-28-40(29-35-45)54-50-19-6-4-16-47(50)48-17-5-7-20-51(48)54/h1-36,54H. The summed E-state index contributed by atoms with van der Waals surface area (Å²) >= 11 is 0. The fourth-order valence-electron chi connectivity index (χ4n) is 8.85. The summed E-state index contributed by atoms with van der Waals surface area (Å²) in [5, 5.41) is 2.27. The number of nitrogens with zero attached hydrogens (tertiary/aromatic N) is 1. The van der Waals surface area contributed by atoms with Gasteiger partial charge in [-0.1, -0.05) is 170 Å². The smallest absolute Gasteiger partial charge is 0.143 e. The van der Waals surface area contributed by atoms with Crippen molar-refractivity contribution in [2.45, 2.75) is 5.92 Å². The van der Waals surface area contributed by atoms with E-state index >= 15 is 0 Å². The van der Waals surface area contributed by atoms with Gasteiger partial charge in [0.25, 0.3) is 0 Å². The quantitative estimate of drug-likeness (QED) is 0.163. The van der Waals surface area contributed by atoms with E-state index in [0.29, 0.717) is 0 Å². The van der Waals surface area contributed by atoms with Crippen LogP contribution in [0.2, 0.25) is 0 Å². The Morgan fingerprint density at radius 1 is 0.333 bits per heavy atom. The highest BCUT2D eigenvalue weighted by atomic mass is 16.3. The van der Waals surface area contributed by atoms with Crippen molar-refractivity contribution >= 4 is 39.0 Å². The van der Waals surface area contributed by atoms with Crippen LogP contribution in [0.3, 0.4) is 0 Å². The molecule has 2 nitrogen and oxygen atoms in total. The molecule has 0 spiro atoms. The largest absolute Gasteiger partial charge is 0.455 e. The number of fused-ring (bicyclic) bond motifs is 6. The number of benzene rings is 9. The third kappa shape index (κ3) is 5.73. The molecule has 1 aromatic heterocycles. The lowest BCUT2D eigenvalue weighted by molar-refractivity contribution is 0.670. The van der Waals surface area contributed by atoms with Gasteiger partial charge in [-0.15, -0.1) is 0 Å². The van der Waals surface area contributed by atoms with Crippen LogP contribution in [-0.2, 0) is 0 Å². The molecule has 1 aliphatic rings. The minimum atomic E-state index is 0.200. The lowest BCUT2D eigenvalue weighted by Crippen LogP contribution is -2.10. The molecule has 0 amide bonds. The Hall–Kier alpha value is -7.42. The number of para-hydroxylation sites is 2. The third-order valence-electron chi connectivity index (χ3n) is 11.6. The van der Waals surface area contributed by atoms with Gasteiger partial charge in [0.05, 0.1) is 0 Å². The zero-order valence-corrected chi connectivity index (χ0v) is 31.2. The number of rotatable bonds is 7. The van der Waals surface area contributed by atoms with Crippen LogP contribution in [0.1, 0.15) is 22.6 Å². The highest BCUT2D eigenvalue weighted by molar-refractivity contribution is 6.09. The van der Waals surface area contributed by atoms with Crippen LogP contribution in [0.25, 0.3) is 66.4 Å². The summed E-state index contributed by atoms with van der Waals surface area (Å²) in [6, 6.07) is 78.8. The molecule has 0 unspecified atom stereocenters. The molecule has 0 saturated heterocycles. The molecule has 10 aromatic rings. The first kappa shape index (κ1) is 33.0. The fourth-order valence-corrected chi connectivity index (χ4v) is 8.85. The Kier molecular flexibility index (Phi) is 7.93. The van der Waals surface area contributed by atoms with E-state index < -0.39 is 0 Å². The molecule has 57 heavy (non-hydrogen) atoms. The Balaban J connectivity index is 0.982. The normalized spacial score (nSPS) is 12.1. The second-order valence-corrected chi connectivity index (χ2v) is 14.9. The van der Waals surface area contributed by atoms with Crippen molar-refractivity contribution < 1.29 is 4.42 Å². The van der Waals surface area contributed by atoms with E-state index in [2.05, 4.69) is 211 Å². The van der Waals surface area contributed by atoms with Crippen molar-refractivity contribution in [3.8, 4) is 44.5 Å². The summed E-state index contributed by atoms with van der Waals surface area (Å²) in [7, 11) is 0. The molecule has 0 bridgehead atoms. The van der Waals surface area contributed by atoms with Gasteiger partial charge in [-0.3, -0.25) is 0 Å². The molecule has 268 valence electrons. The van der Waals surface area contributed by atoms with E-state index in [1.54, 1.807) is 0 Å². The van der Waals surface area contributed by atoms with Gasteiger partial charge in [-0.25, -0.2) is 0 Å². The zero-order chi connectivity index (χ0) is 37.7. The van der Waals surface area contributed by atoms with Crippen molar-refractivity contribution in [1.29, 1.82) is 0 Å². The van der Waals surface area contributed by atoms with Crippen LogP contribution < -0.4 is 4.90 Å². The SMILES string of the molecule is c1ccc(-c2cccc(-c3ccc(N(c4ccc(-c5cccc6c5oc5ccccc56)cc4)c4ccc(C5c6ccccc6-c6ccccc65)cc4)cc3)c2)cc1. The van der Waals surface area contributed by atoms with Crippen LogP contribution in [0.5, 0.6) is 0 Å². The topological polar surface area (TPSA) is 16.4 Å². The monoisotopic (exact) mass is 727 g/mol. The van der Waals surface area contributed by atoms with E-state index in [1.165, 1.54) is 50.1 Å². The van der Waals surface area contributed by atoms with E-state index in [0.717, 1.165) is 50.1 Å². The highest BCUT2D eigenvalue weighted by Gasteiger charge is 2.29. The van der Waals surface area contributed by atoms with Gasteiger partial charge >= 0.3 is 0 Å². The molecular formula is C55H37NO. The maximum absolute atomic E-state index is 6.42. The molecule has 11 rings (SSSR count). The zero-order valence-electron chi connectivity index (χ0n) is 31.2. The predicted molar refractivity (Wildman–Crippen MR) is 238 cm³/mol. The minimum absolute atomic E-state index is 0.200. The fraction of sp³-hybridized carbons (Fsp3) is 0.0182. The van der Waals surface area contributed by atoms with Gasteiger partial charge in [0, 0.05) is 39.3 Å². The Morgan fingerprint density at radius 3 is 1.47 bits per heavy atom. The Labute approximate surface area is 332 Å². The van der Waals surface area contributed by atoms with Crippen LogP contribution in [-0.4, -0.2) is 0 Å². The summed E-state index contributed by atoms with van der Waals surface area (Å²) < 4.78 is 6.42. The molecule has 1 aliphatic carbocycles. The summed E-state index contributed by atoms with van der Waals surface area (Å²) in [6.45, 7) is 0. The van der Waals surface area contributed by atoms with Gasteiger partial charge in [-0.2, -0.15) is 0 Å². The van der Waals surface area contributed by atoms with Crippen molar-refractivity contribution in [1.82, 2.24) is 0 Å². The van der Waals surface area contributed by atoms with Gasteiger partial charge in [0.15, 0.2) is 0 Å². The number of hydrogen-bond acceptors (Lipinski definition) is 2. The molecule has 0 fully saturated rings. The summed E-state index contributed by atoms with van der Waals surface area (Å²) in [5.74, 6) is 0.200. The second-order valence-electron chi connectivity index (χ2n) is 14.9. The summed E-state index contributed by atoms with van der Waals surface area (Å²) in [6.07, 6.45) is 0. The molecule has 0 aliphatic heterocycles. The molecule has 9 aromatic carbocycles. The van der Waals surface area contributed by atoms with E-state index in [-0.39, 0.29) is 5.92 Å². The maximum atomic E-state index is 6.42. The molecule has 2 heteroatoms. The summed E-state index contributed by atoms with van der Waals surface area (Å²) in [5.41, 5.74) is 18.8. The molecular weight excluding hydrogens is 691 g/mol. The molecule has 0 saturated carbocycles. The van der Waals surface area contributed by atoms with Gasteiger partial charge in [-0.05, 0) is 104 Å². The maximum Gasteiger partial charge on any atom is 0.143 e. The van der Waals surface area contributed by atoms with Gasteiger partial charge < -0.3 is 9.32 Å². The molecule has 1 heterocycles. The lowest BCUT2D eigenvalue weighted by atomic mass is 9.89. The number of furan rings is 1. The van der Waals surface area contributed by atoms with E-state index in [1.807, 2.05) is 12.1 Å². The second kappa shape index (κ2) is 13.7. The summed E-state index contributed by atoms with van der Waals surface area (Å²) in [4.78, 5) is 2.36. The molecule has 0 radical (unpaired) electrons.